The fraction of sp³-hybridized carbons (Fsp3) is 0.417. The van der Waals surface area contributed by atoms with Crippen LogP contribution in [0.5, 0.6) is 0 Å². The molecular formula is C12H14F3NO2. The smallest absolute Gasteiger partial charge is 0.416 e. The molecule has 0 aliphatic rings. The van der Waals surface area contributed by atoms with Crippen LogP contribution < -0.4 is 4.90 Å². The minimum atomic E-state index is -4.36. The van der Waals surface area contributed by atoms with Crippen molar-refractivity contribution in [2.75, 3.05) is 25.6 Å². The Bertz CT molecular complexity index is 418. The molecule has 100 valence electrons. The summed E-state index contributed by atoms with van der Waals surface area (Å²) in [5, 5.41) is 0. The maximum absolute atomic E-state index is 12.5. The van der Waals surface area contributed by atoms with Crippen molar-refractivity contribution in [3.05, 3.63) is 29.8 Å². The molecule has 6 heteroatoms. The lowest BCUT2D eigenvalue weighted by Crippen LogP contribution is -2.22. The lowest BCUT2D eigenvalue weighted by molar-refractivity contribution is -0.140. The Labute approximate surface area is 103 Å². The Morgan fingerprint density at radius 1 is 1.39 bits per heavy atom. The Kier molecular flexibility index (Phi) is 4.58. The number of nitrogens with zero attached hydrogens (tertiary/aromatic N) is 1. The molecule has 0 unspecified atom stereocenters. The number of benzene rings is 1. The maximum Gasteiger partial charge on any atom is 0.416 e. The highest BCUT2D eigenvalue weighted by Crippen LogP contribution is 2.31. The summed E-state index contributed by atoms with van der Waals surface area (Å²) in [5.74, 6) is -0.395. The standard InChI is InChI=1S/C12H14F3NO2/c1-16(7-6-11(17)18-2)10-5-3-4-9(8-10)12(13,14)15/h3-5,8H,6-7H2,1-2H3. The van der Waals surface area contributed by atoms with Crippen LogP contribution in [0.15, 0.2) is 24.3 Å². The number of esters is 1. The van der Waals surface area contributed by atoms with Crippen molar-refractivity contribution >= 4 is 11.7 Å². The molecule has 0 radical (unpaired) electrons. The lowest BCUT2D eigenvalue weighted by atomic mass is 10.2. The molecule has 18 heavy (non-hydrogen) atoms. The van der Waals surface area contributed by atoms with Crippen LogP contribution in [0.4, 0.5) is 18.9 Å². The van der Waals surface area contributed by atoms with Crippen LogP contribution in [0, 0.1) is 0 Å². The van der Waals surface area contributed by atoms with E-state index in [2.05, 4.69) is 4.74 Å². The number of hydrogen-bond donors (Lipinski definition) is 0. The van der Waals surface area contributed by atoms with Crippen LogP contribution in [0.2, 0.25) is 0 Å². The number of ether oxygens (including phenoxy) is 1. The second-order valence-electron chi connectivity index (χ2n) is 3.80. The third kappa shape index (κ3) is 3.94. The number of methoxy groups -OCH3 is 1. The maximum atomic E-state index is 12.5. The summed E-state index contributed by atoms with van der Waals surface area (Å²) >= 11 is 0. The third-order valence-corrected chi connectivity index (χ3v) is 2.49. The van der Waals surface area contributed by atoms with Gasteiger partial charge < -0.3 is 9.64 Å². The Balaban J connectivity index is 2.74. The topological polar surface area (TPSA) is 29.5 Å². The molecule has 1 aromatic carbocycles. The molecule has 0 saturated heterocycles. The number of rotatable bonds is 4. The first-order chi connectivity index (χ1) is 8.34. The fourth-order valence-electron chi connectivity index (χ4n) is 1.41. The molecule has 0 N–H and O–H groups in total. The Morgan fingerprint density at radius 2 is 2.06 bits per heavy atom. The molecule has 0 aliphatic carbocycles. The predicted molar refractivity (Wildman–Crippen MR) is 61.3 cm³/mol. The van der Waals surface area contributed by atoms with Gasteiger partial charge in [-0.05, 0) is 18.2 Å². The summed E-state index contributed by atoms with van der Waals surface area (Å²) in [5.41, 5.74) is -0.293. The van der Waals surface area contributed by atoms with Gasteiger partial charge in [-0.1, -0.05) is 6.07 Å². The van der Waals surface area contributed by atoms with Crippen molar-refractivity contribution in [1.29, 1.82) is 0 Å². The number of halogens is 3. The highest BCUT2D eigenvalue weighted by molar-refractivity contribution is 5.70. The van der Waals surface area contributed by atoms with Gasteiger partial charge in [0.15, 0.2) is 0 Å². The van der Waals surface area contributed by atoms with Crippen LogP contribution in [0.3, 0.4) is 0 Å². The van der Waals surface area contributed by atoms with E-state index in [1.165, 1.54) is 13.2 Å². The molecule has 0 saturated carbocycles. The largest absolute Gasteiger partial charge is 0.469 e. The summed E-state index contributed by atoms with van der Waals surface area (Å²) in [6.07, 6.45) is -4.23. The Hall–Kier alpha value is -1.72. The van der Waals surface area contributed by atoms with Crippen LogP contribution >= 0.6 is 0 Å². The number of alkyl halides is 3. The molecule has 1 rings (SSSR count). The summed E-state index contributed by atoms with van der Waals surface area (Å²) in [6.45, 7) is 0.300. The Morgan fingerprint density at radius 3 is 2.61 bits per heavy atom. The summed E-state index contributed by atoms with van der Waals surface area (Å²) in [6, 6.07) is 4.97. The summed E-state index contributed by atoms with van der Waals surface area (Å²) in [4.78, 5) is 12.5. The van der Waals surface area contributed by atoms with Crippen molar-refractivity contribution < 1.29 is 22.7 Å². The molecule has 0 fully saturated rings. The third-order valence-electron chi connectivity index (χ3n) is 2.49. The van der Waals surface area contributed by atoms with E-state index >= 15 is 0 Å². The van der Waals surface area contributed by atoms with Crippen molar-refractivity contribution in [2.24, 2.45) is 0 Å². The van der Waals surface area contributed by atoms with E-state index in [0.29, 0.717) is 12.2 Å². The summed E-state index contributed by atoms with van der Waals surface area (Å²) < 4.78 is 42.0. The average molecular weight is 261 g/mol. The fourth-order valence-corrected chi connectivity index (χ4v) is 1.41. The molecule has 0 amide bonds. The highest BCUT2D eigenvalue weighted by Gasteiger charge is 2.30. The second-order valence-corrected chi connectivity index (χ2v) is 3.80. The zero-order valence-corrected chi connectivity index (χ0v) is 10.1. The molecule has 0 aliphatic heterocycles. The van der Waals surface area contributed by atoms with Crippen LogP contribution in [0.25, 0.3) is 0 Å². The second kappa shape index (κ2) is 5.75. The normalized spacial score (nSPS) is 11.2. The average Bonchev–Trinajstić information content (AvgIpc) is 2.34. The number of carbonyl (C=O) groups excluding carboxylic acids is 1. The van der Waals surface area contributed by atoms with E-state index in [1.54, 1.807) is 18.0 Å². The van der Waals surface area contributed by atoms with Gasteiger partial charge in [0.05, 0.1) is 19.1 Å². The number of anilines is 1. The van der Waals surface area contributed by atoms with Gasteiger partial charge in [-0.2, -0.15) is 13.2 Å². The van der Waals surface area contributed by atoms with Crippen molar-refractivity contribution in [3.8, 4) is 0 Å². The van der Waals surface area contributed by atoms with Crippen molar-refractivity contribution in [2.45, 2.75) is 12.6 Å². The van der Waals surface area contributed by atoms with Crippen molar-refractivity contribution in [1.82, 2.24) is 0 Å². The van der Waals surface area contributed by atoms with Gasteiger partial charge in [-0.15, -0.1) is 0 Å². The van der Waals surface area contributed by atoms with E-state index in [0.717, 1.165) is 12.1 Å². The molecule has 0 bridgehead atoms. The monoisotopic (exact) mass is 261 g/mol. The van der Waals surface area contributed by atoms with Crippen LogP contribution in [0.1, 0.15) is 12.0 Å². The molecular weight excluding hydrogens is 247 g/mol. The lowest BCUT2D eigenvalue weighted by Gasteiger charge is -2.19. The van der Waals surface area contributed by atoms with Gasteiger partial charge in [-0.3, -0.25) is 4.79 Å². The van der Waals surface area contributed by atoms with Gasteiger partial charge in [0, 0.05) is 19.3 Å². The van der Waals surface area contributed by atoms with E-state index in [-0.39, 0.29) is 6.42 Å². The zero-order valence-electron chi connectivity index (χ0n) is 10.1. The minimum absolute atomic E-state index is 0.128. The molecule has 0 aromatic heterocycles. The first kappa shape index (κ1) is 14.3. The van der Waals surface area contributed by atoms with E-state index in [9.17, 15) is 18.0 Å². The SMILES string of the molecule is COC(=O)CCN(C)c1cccc(C(F)(F)F)c1. The van der Waals surface area contributed by atoms with E-state index in [4.69, 9.17) is 0 Å². The number of hydrogen-bond acceptors (Lipinski definition) is 3. The minimum Gasteiger partial charge on any atom is -0.469 e. The van der Waals surface area contributed by atoms with Crippen LogP contribution in [-0.2, 0) is 15.7 Å². The molecule has 3 nitrogen and oxygen atoms in total. The molecule has 1 aromatic rings. The molecule has 0 atom stereocenters. The predicted octanol–water partition coefficient (Wildman–Crippen LogP) is 2.70. The van der Waals surface area contributed by atoms with Gasteiger partial charge in [-0.25, -0.2) is 0 Å². The van der Waals surface area contributed by atoms with Crippen molar-refractivity contribution in [3.63, 3.8) is 0 Å². The van der Waals surface area contributed by atoms with E-state index in [1.807, 2.05) is 0 Å². The van der Waals surface area contributed by atoms with Crippen LogP contribution in [-0.4, -0.2) is 26.7 Å². The van der Waals surface area contributed by atoms with Gasteiger partial charge >= 0.3 is 12.1 Å². The van der Waals surface area contributed by atoms with Gasteiger partial charge in [0.2, 0.25) is 0 Å². The summed E-state index contributed by atoms with van der Waals surface area (Å²) in [7, 11) is 2.89. The first-order valence-electron chi connectivity index (χ1n) is 5.30. The molecule has 0 spiro atoms. The van der Waals surface area contributed by atoms with Gasteiger partial charge in [0.25, 0.3) is 0 Å². The van der Waals surface area contributed by atoms with E-state index < -0.39 is 17.7 Å². The number of carbonyl (C=O) groups is 1. The zero-order chi connectivity index (χ0) is 13.8. The first-order valence-corrected chi connectivity index (χ1v) is 5.30. The molecule has 0 heterocycles. The van der Waals surface area contributed by atoms with Gasteiger partial charge in [0.1, 0.15) is 0 Å². The highest BCUT2D eigenvalue weighted by atomic mass is 19.4. The quantitative estimate of drug-likeness (QED) is 0.780.